The molecule has 28 heavy (non-hydrogen) atoms. The molecule has 3 aromatic rings. The number of aromatic nitrogens is 2. The van der Waals surface area contributed by atoms with Gasteiger partial charge in [-0.1, -0.05) is 30.3 Å². The van der Waals surface area contributed by atoms with Crippen LogP contribution in [0.3, 0.4) is 0 Å². The first-order chi connectivity index (χ1) is 13.3. The minimum atomic E-state index is 0. The Balaban J connectivity index is 0.00000280. The largest absolute Gasteiger partial charge is 0.357 e. The van der Waals surface area contributed by atoms with Crippen LogP contribution in [-0.4, -0.2) is 40.8 Å². The summed E-state index contributed by atoms with van der Waals surface area (Å²) in [6.45, 7) is 5.33. The quantitative estimate of drug-likeness (QED) is 0.281. The van der Waals surface area contributed by atoms with Crippen molar-refractivity contribution in [3.05, 3.63) is 76.2 Å². The molecule has 5 nitrogen and oxygen atoms in total. The lowest BCUT2D eigenvalue weighted by atomic mass is 10.1. The van der Waals surface area contributed by atoms with Gasteiger partial charge in [0.15, 0.2) is 5.96 Å². The van der Waals surface area contributed by atoms with Crippen LogP contribution in [-0.2, 0) is 19.5 Å². The Morgan fingerprint density at radius 2 is 2.00 bits per heavy atom. The van der Waals surface area contributed by atoms with Gasteiger partial charge in [-0.2, -0.15) is 5.10 Å². The third kappa shape index (κ3) is 6.63. The summed E-state index contributed by atoms with van der Waals surface area (Å²) >= 11 is 1.81. The molecule has 0 aliphatic rings. The van der Waals surface area contributed by atoms with E-state index in [-0.39, 0.29) is 24.0 Å². The summed E-state index contributed by atoms with van der Waals surface area (Å²) in [7, 11) is 2.10. The van der Waals surface area contributed by atoms with Crippen LogP contribution in [0.25, 0.3) is 0 Å². The molecule has 0 saturated carbocycles. The standard InChI is InChI=1S/C21H27N5S.HI/c1-3-22-21(25(2)14-11-20-10-6-15-27-20)23-16-18-8-4-5-9-19(18)17-26-13-7-12-24-26;/h4-10,12-13,15H,3,11,14,16-17H2,1-2H3,(H,22,23);1H. The van der Waals surface area contributed by atoms with Gasteiger partial charge in [-0.3, -0.25) is 4.68 Å². The molecule has 0 fully saturated rings. The molecule has 150 valence electrons. The Hall–Kier alpha value is -1.87. The van der Waals surface area contributed by atoms with Crippen molar-refractivity contribution in [2.75, 3.05) is 20.1 Å². The minimum Gasteiger partial charge on any atom is -0.357 e. The smallest absolute Gasteiger partial charge is 0.193 e. The van der Waals surface area contributed by atoms with E-state index in [0.717, 1.165) is 32.0 Å². The lowest BCUT2D eigenvalue weighted by Gasteiger charge is -2.22. The maximum atomic E-state index is 4.88. The van der Waals surface area contributed by atoms with Crippen LogP contribution in [0, 0.1) is 0 Å². The van der Waals surface area contributed by atoms with Gasteiger partial charge in [0.2, 0.25) is 0 Å². The number of benzene rings is 1. The highest BCUT2D eigenvalue weighted by atomic mass is 127. The fourth-order valence-corrected chi connectivity index (χ4v) is 3.60. The highest BCUT2D eigenvalue weighted by molar-refractivity contribution is 14.0. The molecular formula is C21H28IN5S. The van der Waals surface area contributed by atoms with Gasteiger partial charge in [0.05, 0.1) is 13.1 Å². The van der Waals surface area contributed by atoms with Crippen LogP contribution >= 0.6 is 35.3 Å². The van der Waals surface area contributed by atoms with Gasteiger partial charge >= 0.3 is 0 Å². The fraction of sp³-hybridized carbons (Fsp3) is 0.333. The average molecular weight is 509 g/mol. The molecule has 0 aliphatic heterocycles. The maximum absolute atomic E-state index is 4.88. The van der Waals surface area contributed by atoms with Crippen molar-refractivity contribution in [2.45, 2.75) is 26.4 Å². The van der Waals surface area contributed by atoms with Crippen LogP contribution in [0.5, 0.6) is 0 Å². The zero-order valence-corrected chi connectivity index (χ0v) is 19.6. The first-order valence-electron chi connectivity index (χ1n) is 9.32. The maximum Gasteiger partial charge on any atom is 0.193 e. The molecule has 0 saturated heterocycles. The predicted octanol–water partition coefficient (Wildman–Crippen LogP) is 4.25. The van der Waals surface area contributed by atoms with Gasteiger partial charge in [0.25, 0.3) is 0 Å². The Labute approximate surface area is 188 Å². The highest BCUT2D eigenvalue weighted by Crippen LogP contribution is 2.13. The average Bonchev–Trinajstić information content (AvgIpc) is 3.38. The molecule has 0 unspecified atom stereocenters. The monoisotopic (exact) mass is 509 g/mol. The van der Waals surface area contributed by atoms with E-state index in [1.807, 2.05) is 34.5 Å². The van der Waals surface area contributed by atoms with Crippen LogP contribution in [0.15, 0.2) is 65.2 Å². The Morgan fingerprint density at radius 1 is 1.18 bits per heavy atom. The molecule has 1 aromatic carbocycles. The first-order valence-corrected chi connectivity index (χ1v) is 10.2. The summed E-state index contributed by atoms with van der Waals surface area (Å²) in [5.41, 5.74) is 2.48. The fourth-order valence-electron chi connectivity index (χ4n) is 2.90. The molecule has 3 rings (SSSR count). The number of hydrogen-bond donors (Lipinski definition) is 1. The Morgan fingerprint density at radius 3 is 2.68 bits per heavy atom. The van der Waals surface area contributed by atoms with Crippen LogP contribution < -0.4 is 5.32 Å². The van der Waals surface area contributed by atoms with Crippen LogP contribution in [0.1, 0.15) is 22.9 Å². The molecule has 0 spiro atoms. The van der Waals surface area contributed by atoms with Crippen molar-refractivity contribution in [3.8, 4) is 0 Å². The molecule has 7 heteroatoms. The third-order valence-electron chi connectivity index (χ3n) is 4.38. The van der Waals surface area contributed by atoms with E-state index in [2.05, 4.69) is 71.1 Å². The minimum absolute atomic E-state index is 0. The second-order valence-corrected chi connectivity index (χ2v) is 7.43. The Bertz CT molecular complexity index is 830. The molecular weight excluding hydrogens is 481 g/mol. The number of nitrogens with one attached hydrogen (secondary N) is 1. The molecule has 0 radical (unpaired) electrons. The number of rotatable bonds is 8. The number of hydrogen-bond acceptors (Lipinski definition) is 3. The lowest BCUT2D eigenvalue weighted by molar-refractivity contribution is 0.486. The normalized spacial score (nSPS) is 11.1. The van der Waals surface area contributed by atoms with Gasteiger partial charge in [-0.05, 0) is 42.0 Å². The number of likely N-dealkylation sites (N-methyl/N-ethyl adjacent to an activating group) is 1. The molecule has 0 atom stereocenters. The SMILES string of the molecule is CCNC(=NCc1ccccc1Cn1cccn1)N(C)CCc1cccs1.I. The van der Waals surface area contributed by atoms with Gasteiger partial charge in [-0.15, -0.1) is 35.3 Å². The number of guanidine groups is 1. The van der Waals surface area contributed by atoms with E-state index >= 15 is 0 Å². The van der Waals surface area contributed by atoms with Crippen molar-refractivity contribution >= 4 is 41.3 Å². The van der Waals surface area contributed by atoms with Crippen molar-refractivity contribution < 1.29 is 0 Å². The molecule has 2 heterocycles. The predicted molar refractivity (Wildman–Crippen MR) is 129 cm³/mol. The van der Waals surface area contributed by atoms with E-state index in [0.29, 0.717) is 6.54 Å². The number of aliphatic imine (C=N–C) groups is 1. The van der Waals surface area contributed by atoms with Gasteiger partial charge in [-0.25, -0.2) is 4.99 Å². The van der Waals surface area contributed by atoms with Gasteiger partial charge in [0, 0.05) is 37.4 Å². The van der Waals surface area contributed by atoms with Crippen molar-refractivity contribution in [1.82, 2.24) is 20.0 Å². The van der Waals surface area contributed by atoms with E-state index < -0.39 is 0 Å². The van der Waals surface area contributed by atoms with Gasteiger partial charge < -0.3 is 10.2 Å². The number of halogens is 1. The van der Waals surface area contributed by atoms with E-state index in [1.54, 1.807) is 0 Å². The summed E-state index contributed by atoms with van der Waals surface area (Å²) in [5.74, 6) is 0.947. The van der Waals surface area contributed by atoms with E-state index in [9.17, 15) is 0 Å². The van der Waals surface area contributed by atoms with E-state index in [4.69, 9.17) is 4.99 Å². The van der Waals surface area contributed by atoms with Crippen LogP contribution in [0.4, 0.5) is 0 Å². The first kappa shape index (κ1) is 22.4. The summed E-state index contributed by atoms with van der Waals surface area (Å²) in [4.78, 5) is 8.49. The summed E-state index contributed by atoms with van der Waals surface area (Å²) in [6, 6.07) is 14.7. The van der Waals surface area contributed by atoms with Crippen molar-refractivity contribution in [1.29, 1.82) is 0 Å². The molecule has 2 aromatic heterocycles. The van der Waals surface area contributed by atoms with E-state index in [1.165, 1.54) is 16.0 Å². The zero-order valence-electron chi connectivity index (χ0n) is 16.4. The summed E-state index contributed by atoms with van der Waals surface area (Å²) < 4.78 is 1.95. The van der Waals surface area contributed by atoms with Crippen LogP contribution in [0.2, 0.25) is 0 Å². The topological polar surface area (TPSA) is 45.5 Å². The van der Waals surface area contributed by atoms with Crippen molar-refractivity contribution in [3.63, 3.8) is 0 Å². The summed E-state index contributed by atoms with van der Waals surface area (Å²) in [5, 5.41) is 9.86. The lowest BCUT2D eigenvalue weighted by Crippen LogP contribution is -2.39. The molecule has 0 amide bonds. The highest BCUT2D eigenvalue weighted by Gasteiger charge is 2.08. The second kappa shape index (κ2) is 11.9. The zero-order chi connectivity index (χ0) is 18.9. The number of thiophene rings is 1. The molecule has 0 bridgehead atoms. The summed E-state index contributed by atoms with van der Waals surface area (Å²) in [6.07, 6.45) is 4.84. The number of nitrogens with zero attached hydrogens (tertiary/aromatic N) is 4. The van der Waals surface area contributed by atoms with Gasteiger partial charge in [0.1, 0.15) is 0 Å². The van der Waals surface area contributed by atoms with Crippen molar-refractivity contribution in [2.24, 2.45) is 4.99 Å². The molecule has 1 N–H and O–H groups in total. The second-order valence-electron chi connectivity index (χ2n) is 6.39. The Kier molecular flexibility index (Phi) is 9.49. The third-order valence-corrected chi connectivity index (χ3v) is 5.32. The molecule has 0 aliphatic carbocycles.